The number of nitrogens with zero attached hydrogens (tertiary/aromatic N) is 2. The van der Waals surface area contributed by atoms with E-state index in [9.17, 15) is 14.7 Å². The SMILES string of the molecule is CCCCCOc1ccc(C2C(C(=O)c3ccco3)=C(O)C(=O)N2c2nc3ccc(OCC)cc3s2)cc1OCC. The topological polar surface area (TPSA) is 111 Å². The van der Waals surface area contributed by atoms with E-state index in [2.05, 4.69) is 11.9 Å². The summed E-state index contributed by atoms with van der Waals surface area (Å²) in [5, 5.41) is 11.4. The highest BCUT2D eigenvalue weighted by molar-refractivity contribution is 7.22. The van der Waals surface area contributed by atoms with Crippen molar-refractivity contribution in [1.29, 1.82) is 0 Å². The maximum Gasteiger partial charge on any atom is 0.296 e. The first-order chi connectivity index (χ1) is 20.0. The predicted octanol–water partition coefficient (Wildman–Crippen LogP) is 7.04. The average molecular weight is 577 g/mol. The molecule has 0 fully saturated rings. The van der Waals surface area contributed by atoms with Crippen LogP contribution in [0.1, 0.15) is 62.2 Å². The Bertz CT molecular complexity index is 1570. The number of aliphatic hydroxyl groups excluding tert-OH is 1. The maximum atomic E-state index is 13.6. The van der Waals surface area contributed by atoms with Gasteiger partial charge in [-0.1, -0.05) is 37.2 Å². The average Bonchev–Trinajstić information content (AvgIpc) is 3.70. The van der Waals surface area contributed by atoms with Crippen LogP contribution in [0.5, 0.6) is 17.2 Å². The molecule has 1 aliphatic rings. The van der Waals surface area contributed by atoms with Crippen LogP contribution in [-0.4, -0.2) is 41.6 Å². The largest absolute Gasteiger partial charge is 0.503 e. The number of unbranched alkanes of at least 4 members (excludes halogenated alkanes) is 2. The standard InChI is InChI=1S/C31H32N2O7S/c1-4-7-8-15-39-22-14-11-19(17-24(22)38-6-3)27-26(28(34)23-10-9-16-40-23)29(35)30(36)33(27)31-32-21-13-12-20(37-5-2)18-25(21)41-31/h9-14,16-18,27,35H,4-8,15H2,1-3H3. The quantitative estimate of drug-likeness (QED) is 0.133. The van der Waals surface area contributed by atoms with Gasteiger partial charge in [-0.25, -0.2) is 4.98 Å². The highest BCUT2D eigenvalue weighted by atomic mass is 32.1. The van der Waals surface area contributed by atoms with Gasteiger partial charge in [0.2, 0.25) is 5.78 Å². The van der Waals surface area contributed by atoms with Crippen LogP contribution < -0.4 is 19.1 Å². The minimum Gasteiger partial charge on any atom is -0.503 e. The van der Waals surface area contributed by atoms with Crippen molar-refractivity contribution in [2.45, 2.75) is 46.1 Å². The number of benzene rings is 2. The van der Waals surface area contributed by atoms with Gasteiger partial charge in [0.05, 0.1) is 47.9 Å². The number of carbonyl (C=O) groups excluding carboxylic acids is 2. The molecular formula is C31H32N2O7S. The van der Waals surface area contributed by atoms with E-state index in [0.717, 1.165) is 24.0 Å². The molecule has 0 saturated carbocycles. The molecule has 4 aromatic rings. The number of ether oxygens (including phenoxy) is 3. The number of aliphatic hydroxyl groups is 1. The lowest BCUT2D eigenvalue weighted by Crippen LogP contribution is -2.31. The molecule has 1 atom stereocenters. The van der Waals surface area contributed by atoms with E-state index in [0.29, 0.717) is 53.3 Å². The number of rotatable bonds is 13. The van der Waals surface area contributed by atoms with E-state index in [1.807, 2.05) is 32.0 Å². The van der Waals surface area contributed by atoms with Gasteiger partial charge >= 0.3 is 0 Å². The number of anilines is 1. The van der Waals surface area contributed by atoms with Crippen molar-refractivity contribution in [3.8, 4) is 17.2 Å². The molecule has 9 nitrogen and oxygen atoms in total. The number of hydrogen-bond donors (Lipinski definition) is 1. The van der Waals surface area contributed by atoms with Gasteiger partial charge in [-0.15, -0.1) is 0 Å². The van der Waals surface area contributed by atoms with Crippen molar-refractivity contribution in [1.82, 2.24) is 4.98 Å². The van der Waals surface area contributed by atoms with E-state index in [4.69, 9.17) is 18.6 Å². The van der Waals surface area contributed by atoms with Gasteiger partial charge in [0, 0.05) is 0 Å². The molecule has 2 aromatic carbocycles. The monoisotopic (exact) mass is 576 g/mol. The van der Waals surface area contributed by atoms with Gasteiger partial charge in [0.25, 0.3) is 5.91 Å². The number of aromatic nitrogens is 1. The maximum absolute atomic E-state index is 13.6. The lowest BCUT2D eigenvalue weighted by Gasteiger charge is -2.25. The summed E-state index contributed by atoms with van der Waals surface area (Å²) in [6, 6.07) is 12.9. The molecule has 0 aliphatic carbocycles. The molecule has 2 aromatic heterocycles. The highest BCUT2D eigenvalue weighted by Crippen LogP contribution is 2.46. The normalized spacial score (nSPS) is 15.1. The fourth-order valence-electron chi connectivity index (χ4n) is 4.76. The third kappa shape index (κ3) is 5.65. The Hall–Kier alpha value is -4.31. The van der Waals surface area contributed by atoms with Crippen LogP contribution in [-0.2, 0) is 4.79 Å². The fourth-order valence-corrected chi connectivity index (χ4v) is 5.78. The van der Waals surface area contributed by atoms with Gasteiger partial charge in [-0.3, -0.25) is 14.5 Å². The second kappa shape index (κ2) is 12.5. The van der Waals surface area contributed by atoms with Crippen LogP contribution >= 0.6 is 11.3 Å². The molecule has 1 aliphatic heterocycles. The van der Waals surface area contributed by atoms with Crippen LogP contribution in [0, 0.1) is 0 Å². The Morgan fingerprint density at radius 1 is 1.02 bits per heavy atom. The summed E-state index contributed by atoms with van der Waals surface area (Å²) >= 11 is 1.27. The van der Waals surface area contributed by atoms with E-state index < -0.39 is 23.5 Å². The number of ketones is 1. The minimum absolute atomic E-state index is 0.0118. The summed E-state index contributed by atoms with van der Waals surface area (Å²) < 4.78 is 23.7. The number of carbonyl (C=O) groups is 2. The summed E-state index contributed by atoms with van der Waals surface area (Å²) in [5.41, 5.74) is 1.12. The number of amides is 1. The smallest absolute Gasteiger partial charge is 0.296 e. The summed E-state index contributed by atoms with van der Waals surface area (Å²) in [6.45, 7) is 7.35. The second-order valence-electron chi connectivity index (χ2n) is 9.40. The van der Waals surface area contributed by atoms with Crippen molar-refractivity contribution in [2.24, 2.45) is 0 Å². The summed E-state index contributed by atoms with van der Waals surface area (Å²) in [4.78, 5) is 33.3. The molecule has 0 spiro atoms. The molecule has 214 valence electrons. The predicted molar refractivity (Wildman–Crippen MR) is 156 cm³/mol. The van der Waals surface area contributed by atoms with Gasteiger partial charge in [0.15, 0.2) is 28.1 Å². The van der Waals surface area contributed by atoms with E-state index in [1.54, 1.807) is 24.3 Å². The fraction of sp³-hybridized carbons (Fsp3) is 0.323. The number of fused-ring (bicyclic) bond motifs is 1. The zero-order valence-electron chi connectivity index (χ0n) is 23.2. The van der Waals surface area contributed by atoms with Gasteiger partial charge < -0.3 is 23.7 Å². The third-order valence-corrected chi connectivity index (χ3v) is 7.67. The molecule has 0 bridgehead atoms. The first-order valence-electron chi connectivity index (χ1n) is 13.7. The molecule has 41 heavy (non-hydrogen) atoms. The molecule has 1 N–H and O–H groups in total. The van der Waals surface area contributed by atoms with Gasteiger partial charge in [0.1, 0.15) is 5.75 Å². The minimum atomic E-state index is -0.986. The van der Waals surface area contributed by atoms with Crippen LogP contribution in [0.3, 0.4) is 0 Å². The van der Waals surface area contributed by atoms with Crippen LogP contribution in [0.2, 0.25) is 0 Å². The first kappa shape index (κ1) is 28.2. The van der Waals surface area contributed by atoms with Crippen LogP contribution in [0.15, 0.2) is 70.5 Å². The molecule has 3 heterocycles. The van der Waals surface area contributed by atoms with Crippen molar-refractivity contribution in [3.05, 3.63) is 77.5 Å². The molecule has 1 amide bonds. The van der Waals surface area contributed by atoms with E-state index >= 15 is 0 Å². The summed E-state index contributed by atoms with van der Waals surface area (Å²) in [6.07, 6.45) is 4.41. The van der Waals surface area contributed by atoms with Crippen molar-refractivity contribution >= 4 is 38.4 Å². The Morgan fingerprint density at radius 3 is 2.59 bits per heavy atom. The van der Waals surface area contributed by atoms with Crippen molar-refractivity contribution in [2.75, 3.05) is 24.7 Å². The van der Waals surface area contributed by atoms with Crippen LogP contribution in [0.4, 0.5) is 5.13 Å². The Labute approximate surface area is 242 Å². The summed E-state index contributed by atoms with van der Waals surface area (Å²) in [5.74, 6) is -0.224. The Kier molecular flexibility index (Phi) is 8.58. The Balaban J connectivity index is 1.60. The van der Waals surface area contributed by atoms with E-state index in [-0.39, 0.29) is 11.3 Å². The lowest BCUT2D eigenvalue weighted by molar-refractivity contribution is -0.117. The van der Waals surface area contributed by atoms with Crippen molar-refractivity contribution < 1.29 is 33.3 Å². The van der Waals surface area contributed by atoms with Crippen molar-refractivity contribution in [3.63, 3.8) is 0 Å². The lowest BCUT2D eigenvalue weighted by atomic mass is 9.95. The zero-order valence-corrected chi connectivity index (χ0v) is 24.0. The molecule has 0 saturated heterocycles. The third-order valence-electron chi connectivity index (χ3n) is 6.65. The van der Waals surface area contributed by atoms with E-state index in [1.165, 1.54) is 28.6 Å². The number of thiazole rings is 1. The summed E-state index contributed by atoms with van der Waals surface area (Å²) in [7, 11) is 0. The van der Waals surface area contributed by atoms with Gasteiger partial charge in [-0.2, -0.15) is 0 Å². The molecule has 5 rings (SSSR count). The molecule has 10 heteroatoms. The van der Waals surface area contributed by atoms with Gasteiger partial charge in [-0.05, 0) is 68.3 Å². The number of hydrogen-bond acceptors (Lipinski definition) is 9. The molecular weight excluding hydrogens is 544 g/mol. The zero-order chi connectivity index (χ0) is 28.9. The van der Waals surface area contributed by atoms with Crippen LogP contribution in [0.25, 0.3) is 10.2 Å². The number of furan rings is 1. The first-order valence-corrected chi connectivity index (χ1v) is 14.6. The highest BCUT2D eigenvalue weighted by Gasteiger charge is 2.46. The number of Topliss-reactive ketones (excluding diaryl/α,β-unsaturated/α-hetero) is 1. The molecule has 1 unspecified atom stereocenters. The Morgan fingerprint density at radius 2 is 1.85 bits per heavy atom. The molecule has 0 radical (unpaired) electrons. The second-order valence-corrected chi connectivity index (χ2v) is 10.4.